The smallest absolute Gasteiger partial charge is 0.260 e. The quantitative estimate of drug-likeness (QED) is 0.248. The van der Waals surface area contributed by atoms with Gasteiger partial charge >= 0.3 is 0 Å². The second-order valence-electron chi connectivity index (χ2n) is 8.96. The monoisotopic (exact) mass is 563 g/mol. The third-order valence-corrected chi connectivity index (χ3v) is 9.68. The summed E-state index contributed by atoms with van der Waals surface area (Å²) in [7, 11) is -3.71. The maximum atomic E-state index is 13.7. The van der Waals surface area contributed by atoms with Crippen molar-refractivity contribution in [1.82, 2.24) is 9.29 Å². The molecule has 38 heavy (non-hydrogen) atoms. The number of nitrogens with zero attached hydrogens (tertiary/aromatic N) is 3. The standard InChI is InChI=1S/C28H22ClN3O4S2/c29-22-9-12-25-26(16-22)37-28(30-25)32(18-23-6-3-15-36-23)27(33)20-7-10-24(11-8-20)38(34,35)31-14-13-19-4-1-2-5-21(19)17-31/h1-12,15-16H,13-14,17-18H2. The maximum absolute atomic E-state index is 13.7. The minimum atomic E-state index is -3.71. The number of hydrogen-bond donors (Lipinski definition) is 0. The highest BCUT2D eigenvalue weighted by Crippen LogP contribution is 2.33. The zero-order valence-electron chi connectivity index (χ0n) is 20.1. The summed E-state index contributed by atoms with van der Waals surface area (Å²) in [6.45, 7) is 0.920. The Bertz CT molecular complexity index is 1730. The Hall–Kier alpha value is -3.50. The molecule has 0 unspecified atom stereocenters. The molecule has 0 atom stereocenters. The van der Waals surface area contributed by atoms with Crippen molar-refractivity contribution in [2.75, 3.05) is 11.4 Å². The van der Waals surface area contributed by atoms with Crippen LogP contribution in [-0.4, -0.2) is 30.2 Å². The summed E-state index contributed by atoms with van der Waals surface area (Å²) in [5.74, 6) is 0.280. The first-order valence-electron chi connectivity index (χ1n) is 12.0. The molecule has 0 saturated carbocycles. The molecule has 5 aromatic rings. The molecule has 0 N–H and O–H groups in total. The van der Waals surface area contributed by atoms with Crippen molar-refractivity contribution in [2.45, 2.75) is 24.4 Å². The normalized spacial score (nSPS) is 13.9. The number of hydrogen-bond acceptors (Lipinski definition) is 6. The molecular formula is C28H22ClN3O4S2. The number of anilines is 1. The predicted octanol–water partition coefficient (Wildman–Crippen LogP) is 6.14. The van der Waals surface area contributed by atoms with E-state index < -0.39 is 10.0 Å². The van der Waals surface area contributed by atoms with Gasteiger partial charge < -0.3 is 4.42 Å². The van der Waals surface area contributed by atoms with E-state index in [1.54, 1.807) is 36.6 Å². The number of aromatic nitrogens is 1. The summed E-state index contributed by atoms with van der Waals surface area (Å²) in [4.78, 5) is 20.0. The van der Waals surface area contributed by atoms with E-state index in [4.69, 9.17) is 16.0 Å². The summed E-state index contributed by atoms with van der Waals surface area (Å²) in [6.07, 6.45) is 2.22. The zero-order valence-corrected chi connectivity index (χ0v) is 22.5. The second-order valence-corrected chi connectivity index (χ2v) is 12.3. The number of carbonyl (C=O) groups excluding carboxylic acids is 1. The molecule has 1 aliphatic heterocycles. The lowest BCUT2D eigenvalue weighted by molar-refractivity contribution is 0.0983. The summed E-state index contributed by atoms with van der Waals surface area (Å²) in [6, 6.07) is 22.9. The van der Waals surface area contributed by atoms with Crippen LogP contribution in [0.1, 0.15) is 27.2 Å². The van der Waals surface area contributed by atoms with Crippen molar-refractivity contribution in [3.63, 3.8) is 0 Å². The van der Waals surface area contributed by atoms with E-state index in [0.29, 0.717) is 41.0 Å². The highest BCUT2D eigenvalue weighted by molar-refractivity contribution is 7.89. The Morgan fingerprint density at radius 1 is 1.03 bits per heavy atom. The number of carbonyl (C=O) groups is 1. The van der Waals surface area contributed by atoms with Crippen LogP contribution in [0.4, 0.5) is 5.13 Å². The van der Waals surface area contributed by atoms with Crippen LogP contribution in [0.2, 0.25) is 5.02 Å². The van der Waals surface area contributed by atoms with E-state index in [2.05, 4.69) is 4.98 Å². The number of amides is 1. The van der Waals surface area contributed by atoms with Gasteiger partial charge in [0.2, 0.25) is 10.0 Å². The van der Waals surface area contributed by atoms with Gasteiger partial charge in [0.1, 0.15) is 5.76 Å². The van der Waals surface area contributed by atoms with Gasteiger partial charge in [0.25, 0.3) is 5.91 Å². The fourth-order valence-corrected chi connectivity index (χ4v) is 7.19. The van der Waals surface area contributed by atoms with Crippen molar-refractivity contribution in [3.8, 4) is 0 Å². The third kappa shape index (κ3) is 4.74. The molecule has 0 bridgehead atoms. The molecule has 3 heterocycles. The Morgan fingerprint density at radius 2 is 1.82 bits per heavy atom. The van der Waals surface area contributed by atoms with E-state index in [9.17, 15) is 13.2 Å². The molecule has 1 aliphatic rings. The Kier molecular flexibility index (Phi) is 6.53. The number of sulfonamides is 1. The SMILES string of the molecule is O=C(c1ccc(S(=O)(=O)N2CCc3ccccc3C2)cc1)N(Cc1ccco1)c1nc2ccc(Cl)cc2s1. The lowest BCUT2D eigenvalue weighted by Gasteiger charge is -2.28. The lowest BCUT2D eigenvalue weighted by Crippen LogP contribution is -2.36. The average molecular weight is 564 g/mol. The summed E-state index contributed by atoms with van der Waals surface area (Å²) >= 11 is 7.49. The van der Waals surface area contributed by atoms with E-state index in [0.717, 1.165) is 15.8 Å². The molecule has 10 heteroatoms. The van der Waals surface area contributed by atoms with E-state index >= 15 is 0 Å². The molecule has 192 valence electrons. The summed E-state index contributed by atoms with van der Waals surface area (Å²) < 4.78 is 34.6. The van der Waals surface area contributed by atoms with Crippen LogP contribution < -0.4 is 4.90 Å². The molecule has 6 rings (SSSR count). The maximum Gasteiger partial charge on any atom is 0.260 e. The molecule has 0 aliphatic carbocycles. The van der Waals surface area contributed by atoms with Crippen LogP contribution in [0, 0.1) is 0 Å². The Morgan fingerprint density at radius 3 is 2.58 bits per heavy atom. The van der Waals surface area contributed by atoms with Gasteiger partial charge in [-0.1, -0.05) is 47.2 Å². The second kappa shape index (κ2) is 9.99. The van der Waals surface area contributed by atoms with Crippen LogP contribution in [0.5, 0.6) is 0 Å². The Balaban J connectivity index is 1.28. The largest absolute Gasteiger partial charge is 0.467 e. The first kappa shape index (κ1) is 24.8. The number of fused-ring (bicyclic) bond motifs is 2. The minimum Gasteiger partial charge on any atom is -0.467 e. The van der Waals surface area contributed by atoms with Gasteiger partial charge in [-0.15, -0.1) is 0 Å². The number of rotatable bonds is 6. The van der Waals surface area contributed by atoms with Gasteiger partial charge in [-0.25, -0.2) is 13.4 Å². The van der Waals surface area contributed by atoms with E-state index in [-0.39, 0.29) is 17.3 Å². The predicted molar refractivity (Wildman–Crippen MR) is 148 cm³/mol. The van der Waals surface area contributed by atoms with Crippen molar-refractivity contribution < 1.29 is 17.6 Å². The molecule has 0 fully saturated rings. The molecule has 0 spiro atoms. The first-order chi connectivity index (χ1) is 18.4. The molecular weight excluding hydrogens is 542 g/mol. The number of halogens is 1. The van der Waals surface area contributed by atoms with Gasteiger partial charge in [0, 0.05) is 23.7 Å². The Labute approximate surface area is 229 Å². The van der Waals surface area contributed by atoms with E-state index in [1.807, 2.05) is 36.4 Å². The highest BCUT2D eigenvalue weighted by atomic mass is 35.5. The molecule has 3 aromatic carbocycles. The van der Waals surface area contributed by atoms with Gasteiger partial charge in [-0.3, -0.25) is 9.69 Å². The van der Waals surface area contributed by atoms with Crippen molar-refractivity contribution in [3.05, 3.63) is 113 Å². The first-order valence-corrected chi connectivity index (χ1v) is 14.6. The van der Waals surface area contributed by atoms with Crippen LogP contribution in [0.3, 0.4) is 0 Å². The number of benzene rings is 3. The fraction of sp³-hybridized carbons (Fsp3) is 0.143. The number of furan rings is 1. The molecule has 7 nitrogen and oxygen atoms in total. The third-order valence-electron chi connectivity index (χ3n) is 6.54. The van der Waals surface area contributed by atoms with Crippen LogP contribution >= 0.6 is 22.9 Å². The molecule has 1 amide bonds. The molecule has 2 aromatic heterocycles. The summed E-state index contributed by atoms with van der Waals surface area (Å²) in [5.41, 5.74) is 3.27. The molecule has 0 radical (unpaired) electrons. The van der Waals surface area contributed by atoms with Crippen LogP contribution in [0.25, 0.3) is 10.2 Å². The van der Waals surface area contributed by atoms with Gasteiger partial charge in [0.15, 0.2) is 5.13 Å². The van der Waals surface area contributed by atoms with Crippen LogP contribution in [0.15, 0.2) is 94.4 Å². The van der Waals surface area contributed by atoms with Crippen molar-refractivity contribution in [2.24, 2.45) is 0 Å². The lowest BCUT2D eigenvalue weighted by atomic mass is 10.0. The minimum absolute atomic E-state index is 0.153. The van der Waals surface area contributed by atoms with Crippen LogP contribution in [-0.2, 0) is 29.5 Å². The van der Waals surface area contributed by atoms with E-state index in [1.165, 1.54) is 38.2 Å². The highest BCUT2D eigenvalue weighted by Gasteiger charge is 2.29. The molecule has 0 saturated heterocycles. The summed E-state index contributed by atoms with van der Waals surface area (Å²) in [5, 5.41) is 1.08. The van der Waals surface area contributed by atoms with Gasteiger partial charge in [-0.2, -0.15) is 4.31 Å². The van der Waals surface area contributed by atoms with Gasteiger partial charge in [0.05, 0.1) is 27.9 Å². The van der Waals surface area contributed by atoms with Crippen molar-refractivity contribution >= 4 is 54.2 Å². The fourth-order valence-electron chi connectivity index (χ4n) is 4.54. The van der Waals surface area contributed by atoms with Gasteiger partial charge in [-0.05, 0) is 72.1 Å². The number of thiazole rings is 1. The topological polar surface area (TPSA) is 83.7 Å². The van der Waals surface area contributed by atoms with Crippen molar-refractivity contribution in [1.29, 1.82) is 0 Å². The average Bonchev–Trinajstić information content (AvgIpc) is 3.60. The zero-order chi connectivity index (χ0) is 26.3.